The van der Waals surface area contributed by atoms with E-state index in [1.807, 2.05) is 32.9 Å². The maximum absolute atomic E-state index is 12.3. The van der Waals surface area contributed by atoms with Gasteiger partial charge in [0.15, 0.2) is 6.61 Å². The van der Waals surface area contributed by atoms with E-state index < -0.39 is 11.8 Å². The fourth-order valence-electron chi connectivity index (χ4n) is 3.32. The zero-order valence-electron chi connectivity index (χ0n) is 19.5. The summed E-state index contributed by atoms with van der Waals surface area (Å²) < 4.78 is 5.55. The van der Waals surface area contributed by atoms with Crippen LogP contribution in [0.4, 0.5) is 11.4 Å². The van der Waals surface area contributed by atoms with E-state index in [0.717, 1.165) is 22.4 Å². The lowest BCUT2D eigenvalue weighted by Crippen LogP contribution is -2.32. The zero-order valence-corrected chi connectivity index (χ0v) is 20.3. The number of hydrogen-bond acceptors (Lipinski definition) is 5. The number of carbonyl (C=O) groups is 3. The number of halogens is 1. The van der Waals surface area contributed by atoms with Gasteiger partial charge in [0.2, 0.25) is 0 Å². The Morgan fingerprint density at radius 3 is 2.26 bits per heavy atom. The summed E-state index contributed by atoms with van der Waals surface area (Å²) >= 11 is 5.85. The van der Waals surface area contributed by atoms with Crippen LogP contribution in [0.15, 0.2) is 65.8 Å². The Morgan fingerprint density at radius 2 is 1.60 bits per heavy atom. The molecule has 0 saturated carbocycles. The molecule has 0 aromatic heterocycles. The van der Waals surface area contributed by atoms with E-state index in [4.69, 9.17) is 16.3 Å². The van der Waals surface area contributed by atoms with Crippen molar-refractivity contribution in [3.05, 3.63) is 87.9 Å². The van der Waals surface area contributed by atoms with Gasteiger partial charge in [0.25, 0.3) is 5.91 Å². The zero-order chi connectivity index (χ0) is 25.4. The molecule has 0 aliphatic rings. The van der Waals surface area contributed by atoms with Crippen LogP contribution in [0.25, 0.3) is 0 Å². The fraction of sp³-hybridized carbons (Fsp3) is 0.154. The summed E-state index contributed by atoms with van der Waals surface area (Å²) in [7, 11) is 0. The molecule has 180 valence electrons. The number of amides is 3. The molecule has 3 N–H and O–H groups in total. The smallest absolute Gasteiger partial charge is 0.329 e. The van der Waals surface area contributed by atoms with Crippen LogP contribution in [-0.2, 0) is 14.4 Å². The molecule has 0 radical (unpaired) electrons. The van der Waals surface area contributed by atoms with Gasteiger partial charge in [-0.1, -0.05) is 35.4 Å². The minimum Gasteiger partial charge on any atom is -0.484 e. The van der Waals surface area contributed by atoms with Crippen LogP contribution in [0.1, 0.15) is 22.3 Å². The van der Waals surface area contributed by atoms with Crippen LogP contribution in [0.5, 0.6) is 5.75 Å². The summed E-state index contributed by atoms with van der Waals surface area (Å²) in [6.45, 7) is 5.77. The van der Waals surface area contributed by atoms with E-state index in [1.165, 1.54) is 12.3 Å². The van der Waals surface area contributed by atoms with Crippen molar-refractivity contribution in [3.8, 4) is 5.75 Å². The van der Waals surface area contributed by atoms with Gasteiger partial charge >= 0.3 is 11.8 Å². The van der Waals surface area contributed by atoms with E-state index in [1.54, 1.807) is 42.5 Å². The van der Waals surface area contributed by atoms with E-state index in [2.05, 4.69) is 21.2 Å². The molecule has 3 amide bonds. The normalized spacial score (nSPS) is 10.6. The third kappa shape index (κ3) is 7.68. The number of hydrazone groups is 1. The molecular formula is C26H25ClN4O4. The summed E-state index contributed by atoms with van der Waals surface area (Å²) in [6.07, 6.45) is 1.38. The van der Waals surface area contributed by atoms with Crippen molar-refractivity contribution in [3.63, 3.8) is 0 Å². The average molecular weight is 493 g/mol. The summed E-state index contributed by atoms with van der Waals surface area (Å²) in [6, 6.07) is 17.2. The molecular weight excluding hydrogens is 468 g/mol. The third-order valence-corrected chi connectivity index (χ3v) is 5.10. The Morgan fingerprint density at radius 1 is 0.914 bits per heavy atom. The summed E-state index contributed by atoms with van der Waals surface area (Å²) in [5.41, 5.74) is 7.13. The molecule has 3 aromatic carbocycles. The molecule has 8 nitrogen and oxygen atoms in total. The topological polar surface area (TPSA) is 109 Å². The van der Waals surface area contributed by atoms with Crippen molar-refractivity contribution in [2.24, 2.45) is 5.10 Å². The lowest BCUT2D eigenvalue weighted by molar-refractivity contribution is -0.136. The lowest BCUT2D eigenvalue weighted by atomic mass is 10.1. The van der Waals surface area contributed by atoms with Crippen LogP contribution in [-0.4, -0.2) is 30.5 Å². The number of hydrogen-bond donors (Lipinski definition) is 3. The first-order chi connectivity index (χ1) is 16.7. The molecule has 35 heavy (non-hydrogen) atoms. The van der Waals surface area contributed by atoms with Gasteiger partial charge in [0.1, 0.15) is 5.75 Å². The molecule has 0 fully saturated rings. The van der Waals surface area contributed by atoms with E-state index >= 15 is 0 Å². The van der Waals surface area contributed by atoms with Crippen molar-refractivity contribution >= 4 is 46.9 Å². The van der Waals surface area contributed by atoms with E-state index in [-0.39, 0.29) is 12.5 Å². The highest BCUT2D eigenvalue weighted by atomic mass is 35.5. The number of anilines is 2. The highest BCUT2D eigenvalue weighted by molar-refractivity contribution is 6.39. The molecule has 0 atom stereocenters. The van der Waals surface area contributed by atoms with Gasteiger partial charge in [-0.25, -0.2) is 5.43 Å². The summed E-state index contributed by atoms with van der Waals surface area (Å²) in [5.74, 6) is -1.56. The Balaban J connectivity index is 1.46. The summed E-state index contributed by atoms with van der Waals surface area (Å²) in [5, 5.41) is 9.53. The SMILES string of the molecule is Cc1cc(C)c(NC(=O)COc2ccc(/C=N\NC(=O)C(=O)Nc3cccc(Cl)c3)cc2)c(C)c1. The number of benzene rings is 3. The Labute approximate surface area is 208 Å². The van der Waals surface area contributed by atoms with Gasteiger partial charge in [-0.15, -0.1) is 0 Å². The van der Waals surface area contributed by atoms with Crippen molar-refractivity contribution in [2.75, 3.05) is 17.2 Å². The van der Waals surface area contributed by atoms with Crippen LogP contribution in [0.2, 0.25) is 5.02 Å². The minimum absolute atomic E-state index is 0.141. The predicted octanol–water partition coefficient (Wildman–Crippen LogP) is 4.37. The Kier molecular flexibility index (Phi) is 8.58. The van der Waals surface area contributed by atoms with Crippen molar-refractivity contribution in [1.82, 2.24) is 5.43 Å². The second-order valence-corrected chi connectivity index (χ2v) is 8.28. The largest absolute Gasteiger partial charge is 0.484 e. The highest BCUT2D eigenvalue weighted by Crippen LogP contribution is 2.22. The van der Waals surface area contributed by atoms with Crippen molar-refractivity contribution in [2.45, 2.75) is 20.8 Å². The van der Waals surface area contributed by atoms with E-state index in [0.29, 0.717) is 22.0 Å². The van der Waals surface area contributed by atoms with Gasteiger partial charge in [-0.05, 0) is 79.9 Å². The molecule has 3 aromatic rings. The molecule has 0 spiro atoms. The number of ether oxygens (including phenoxy) is 1. The molecule has 0 heterocycles. The van der Waals surface area contributed by atoms with Gasteiger partial charge in [0.05, 0.1) is 6.21 Å². The first-order valence-electron chi connectivity index (χ1n) is 10.7. The standard InChI is InChI=1S/C26H25ClN4O4/c1-16-11-17(2)24(18(3)12-16)30-23(32)15-35-22-9-7-19(8-10-22)14-28-31-26(34)25(33)29-21-6-4-5-20(27)13-21/h4-14H,15H2,1-3H3,(H,29,33)(H,30,32)(H,31,34)/b28-14-. The van der Waals surface area contributed by atoms with Crippen LogP contribution < -0.4 is 20.8 Å². The molecule has 3 rings (SSSR count). The van der Waals surface area contributed by atoms with Crippen LogP contribution in [0.3, 0.4) is 0 Å². The third-order valence-electron chi connectivity index (χ3n) is 4.86. The Hall–Kier alpha value is -4.17. The number of nitrogens with zero attached hydrogens (tertiary/aromatic N) is 1. The number of rotatable bonds is 7. The maximum atomic E-state index is 12.3. The van der Waals surface area contributed by atoms with Gasteiger partial charge < -0.3 is 15.4 Å². The van der Waals surface area contributed by atoms with E-state index in [9.17, 15) is 14.4 Å². The number of aryl methyl sites for hydroxylation is 3. The van der Waals surface area contributed by atoms with Crippen LogP contribution in [0, 0.1) is 20.8 Å². The van der Waals surface area contributed by atoms with Gasteiger partial charge in [-0.2, -0.15) is 5.10 Å². The average Bonchev–Trinajstić information content (AvgIpc) is 2.80. The molecule has 0 unspecified atom stereocenters. The molecule has 0 saturated heterocycles. The quantitative estimate of drug-likeness (QED) is 0.258. The van der Waals surface area contributed by atoms with Crippen molar-refractivity contribution in [1.29, 1.82) is 0 Å². The molecule has 0 aliphatic carbocycles. The van der Waals surface area contributed by atoms with Crippen LogP contribution >= 0.6 is 11.6 Å². The van der Waals surface area contributed by atoms with Gasteiger partial charge in [0, 0.05) is 16.4 Å². The predicted molar refractivity (Wildman–Crippen MR) is 137 cm³/mol. The van der Waals surface area contributed by atoms with Crippen molar-refractivity contribution < 1.29 is 19.1 Å². The maximum Gasteiger partial charge on any atom is 0.329 e. The number of nitrogens with one attached hydrogen (secondary N) is 3. The second kappa shape index (κ2) is 11.8. The fourth-order valence-corrected chi connectivity index (χ4v) is 3.51. The first-order valence-corrected chi connectivity index (χ1v) is 11.1. The molecule has 0 aliphatic heterocycles. The molecule has 9 heteroatoms. The Bertz CT molecular complexity index is 1250. The van der Waals surface area contributed by atoms with Gasteiger partial charge in [-0.3, -0.25) is 14.4 Å². The first kappa shape index (κ1) is 25.5. The molecule has 0 bridgehead atoms. The number of carbonyl (C=O) groups excluding carboxylic acids is 3. The minimum atomic E-state index is -0.925. The highest BCUT2D eigenvalue weighted by Gasteiger charge is 2.13. The second-order valence-electron chi connectivity index (χ2n) is 7.84. The lowest BCUT2D eigenvalue weighted by Gasteiger charge is -2.13. The summed E-state index contributed by atoms with van der Waals surface area (Å²) in [4.78, 5) is 36.1. The monoisotopic (exact) mass is 492 g/mol.